The van der Waals surface area contributed by atoms with Crippen LogP contribution >= 0.6 is 0 Å². The summed E-state index contributed by atoms with van der Waals surface area (Å²) in [6.07, 6.45) is 5.19. The Morgan fingerprint density at radius 3 is 2.75 bits per heavy atom. The van der Waals surface area contributed by atoms with Crippen LogP contribution in [-0.4, -0.2) is 30.6 Å². The van der Waals surface area contributed by atoms with Gasteiger partial charge in [-0.3, -0.25) is 4.90 Å². The molecule has 0 spiro atoms. The topological polar surface area (TPSA) is 29.3 Å². The Kier molecular flexibility index (Phi) is 3.41. The third-order valence-electron chi connectivity index (χ3n) is 4.38. The molecule has 0 bridgehead atoms. The van der Waals surface area contributed by atoms with Crippen molar-refractivity contribution in [2.45, 2.75) is 52.5 Å². The van der Waals surface area contributed by atoms with E-state index in [9.17, 15) is 0 Å². The van der Waals surface area contributed by atoms with E-state index < -0.39 is 0 Å². The molecule has 0 saturated carbocycles. The summed E-state index contributed by atoms with van der Waals surface area (Å²) in [5.41, 5.74) is 9.71. The van der Waals surface area contributed by atoms with Gasteiger partial charge < -0.3 is 5.73 Å². The van der Waals surface area contributed by atoms with Gasteiger partial charge in [-0.15, -0.1) is 0 Å². The molecule has 1 heterocycles. The van der Waals surface area contributed by atoms with E-state index >= 15 is 0 Å². The van der Waals surface area contributed by atoms with Crippen LogP contribution in [-0.2, 0) is 0 Å². The molecule has 2 heteroatoms. The van der Waals surface area contributed by atoms with Crippen LogP contribution in [0.3, 0.4) is 0 Å². The van der Waals surface area contributed by atoms with Gasteiger partial charge >= 0.3 is 0 Å². The second-order valence-electron chi connectivity index (χ2n) is 6.28. The average Bonchev–Trinajstić information content (AvgIpc) is 2.58. The van der Waals surface area contributed by atoms with E-state index in [-0.39, 0.29) is 0 Å². The first kappa shape index (κ1) is 12.1. The monoisotopic (exact) mass is 222 g/mol. The summed E-state index contributed by atoms with van der Waals surface area (Å²) in [5, 5.41) is 0. The molecule has 16 heavy (non-hydrogen) atoms. The molecule has 2 aliphatic rings. The highest BCUT2D eigenvalue weighted by molar-refractivity contribution is 5.24. The Hall–Kier alpha value is -0.340. The summed E-state index contributed by atoms with van der Waals surface area (Å²) < 4.78 is 0. The van der Waals surface area contributed by atoms with Crippen molar-refractivity contribution in [2.24, 2.45) is 11.1 Å². The van der Waals surface area contributed by atoms with Crippen LogP contribution < -0.4 is 5.73 Å². The van der Waals surface area contributed by atoms with Crippen molar-refractivity contribution < 1.29 is 0 Å². The first-order valence-electron chi connectivity index (χ1n) is 6.66. The summed E-state index contributed by atoms with van der Waals surface area (Å²) >= 11 is 0. The van der Waals surface area contributed by atoms with Gasteiger partial charge in [-0.25, -0.2) is 0 Å². The summed E-state index contributed by atoms with van der Waals surface area (Å²) in [6, 6.07) is 0.410. The Balaban J connectivity index is 2.06. The maximum Gasteiger partial charge on any atom is 0.0201 e. The Labute approximate surface area is 99.9 Å². The molecule has 0 radical (unpaired) electrons. The van der Waals surface area contributed by atoms with Gasteiger partial charge in [0.1, 0.15) is 0 Å². The molecule has 2 nitrogen and oxygen atoms in total. The van der Waals surface area contributed by atoms with Crippen LogP contribution in [0.15, 0.2) is 11.1 Å². The van der Waals surface area contributed by atoms with Gasteiger partial charge in [-0.05, 0) is 38.0 Å². The van der Waals surface area contributed by atoms with Crippen LogP contribution in [0.4, 0.5) is 0 Å². The molecule has 1 fully saturated rings. The van der Waals surface area contributed by atoms with Crippen molar-refractivity contribution in [1.29, 1.82) is 0 Å². The van der Waals surface area contributed by atoms with Gasteiger partial charge in [0.05, 0.1) is 0 Å². The lowest BCUT2D eigenvalue weighted by Gasteiger charge is -2.36. The van der Waals surface area contributed by atoms with Gasteiger partial charge in [0.2, 0.25) is 0 Å². The van der Waals surface area contributed by atoms with E-state index in [0.29, 0.717) is 11.5 Å². The van der Waals surface area contributed by atoms with Gasteiger partial charge in [0, 0.05) is 25.7 Å². The van der Waals surface area contributed by atoms with Crippen LogP contribution in [0, 0.1) is 5.41 Å². The molecule has 0 aromatic heterocycles. The number of likely N-dealkylation sites (tertiary alicyclic amines) is 1. The van der Waals surface area contributed by atoms with Crippen LogP contribution in [0.1, 0.15) is 46.5 Å². The Bertz CT molecular complexity index is 291. The number of nitrogens with zero attached hydrogens (tertiary/aromatic N) is 1. The van der Waals surface area contributed by atoms with E-state index in [4.69, 9.17) is 5.73 Å². The molecule has 0 amide bonds. The van der Waals surface area contributed by atoms with Crippen molar-refractivity contribution in [3.05, 3.63) is 11.1 Å². The zero-order valence-corrected chi connectivity index (χ0v) is 11.1. The van der Waals surface area contributed by atoms with Crippen LogP contribution in [0.25, 0.3) is 0 Å². The molecule has 2 rings (SSSR count). The normalized spacial score (nSPS) is 31.1. The minimum Gasteiger partial charge on any atom is -0.326 e. The summed E-state index contributed by atoms with van der Waals surface area (Å²) in [7, 11) is 0. The Morgan fingerprint density at radius 2 is 2.19 bits per heavy atom. The fourth-order valence-electron chi connectivity index (χ4n) is 3.25. The number of rotatable bonds is 2. The minimum atomic E-state index is 0.410. The molecule has 1 aliphatic carbocycles. The lowest BCUT2D eigenvalue weighted by atomic mass is 9.72. The third kappa shape index (κ3) is 2.49. The van der Waals surface area contributed by atoms with Crippen molar-refractivity contribution in [3.63, 3.8) is 0 Å². The quantitative estimate of drug-likeness (QED) is 0.728. The lowest BCUT2D eigenvalue weighted by molar-refractivity contribution is 0.292. The summed E-state index contributed by atoms with van der Waals surface area (Å²) in [5.74, 6) is 0. The fraction of sp³-hybridized carbons (Fsp3) is 0.857. The smallest absolute Gasteiger partial charge is 0.0201 e. The minimum absolute atomic E-state index is 0.410. The van der Waals surface area contributed by atoms with Crippen molar-refractivity contribution >= 4 is 0 Å². The van der Waals surface area contributed by atoms with E-state index in [1.165, 1.54) is 32.2 Å². The average molecular weight is 222 g/mol. The highest BCUT2D eigenvalue weighted by Crippen LogP contribution is 2.40. The molecule has 2 N–H and O–H groups in total. The first-order chi connectivity index (χ1) is 7.49. The maximum absolute atomic E-state index is 5.97. The summed E-state index contributed by atoms with van der Waals surface area (Å²) in [4.78, 5) is 2.54. The molecule has 0 aromatic rings. The largest absolute Gasteiger partial charge is 0.326 e. The fourth-order valence-corrected chi connectivity index (χ4v) is 3.25. The maximum atomic E-state index is 5.97. The predicted molar refractivity (Wildman–Crippen MR) is 69.4 cm³/mol. The second kappa shape index (κ2) is 4.50. The van der Waals surface area contributed by atoms with E-state index in [2.05, 4.69) is 25.7 Å². The predicted octanol–water partition coefficient (Wildman–Crippen LogP) is 2.55. The number of hydrogen-bond acceptors (Lipinski definition) is 2. The van der Waals surface area contributed by atoms with Gasteiger partial charge in [0.25, 0.3) is 0 Å². The summed E-state index contributed by atoms with van der Waals surface area (Å²) in [6.45, 7) is 10.6. The zero-order chi connectivity index (χ0) is 11.8. The van der Waals surface area contributed by atoms with E-state index in [1.807, 2.05) is 0 Å². The SMILES string of the molecule is CC1=C(CN2CC[C@@H](N)C2)C(C)(C)CCC1. The molecule has 92 valence electrons. The standard InChI is InChI=1S/C14H26N2/c1-11-5-4-7-14(2,3)13(11)10-16-8-6-12(15)9-16/h12H,4-10,15H2,1-3H3/t12-/m1/s1. The molecule has 1 atom stereocenters. The Morgan fingerprint density at radius 1 is 1.44 bits per heavy atom. The van der Waals surface area contributed by atoms with Gasteiger partial charge in [0.15, 0.2) is 0 Å². The molecule has 1 aliphatic heterocycles. The van der Waals surface area contributed by atoms with Gasteiger partial charge in [-0.1, -0.05) is 25.0 Å². The highest BCUT2D eigenvalue weighted by atomic mass is 15.2. The van der Waals surface area contributed by atoms with Gasteiger partial charge in [-0.2, -0.15) is 0 Å². The van der Waals surface area contributed by atoms with Crippen molar-refractivity contribution in [1.82, 2.24) is 4.90 Å². The van der Waals surface area contributed by atoms with E-state index in [1.54, 1.807) is 11.1 Å². The zero-order valence-electron chi connectivity index (χ0n) is 11.1. The lowest BCUT2D eigenvalue weighted by Crippen LogP contribution is -2.33. The molecule has 0 aromatic carbocycles. The van der Waals surface area contributed by atoms with Crippen LogP contribution in [0.2, 0.25) is 0 Å². The third-order valence-corrected chi connectivity index (χ3v) is 4.38. The number of allylic oxidation sites excluding steroid dienone is 1. The second-order valence-corrected chi connectivity index (χ2v) is 6.28. The molecular formula is C14H26N2. The molecule has 0 unspecified atom stereocenters. The molecule has 1 saturated heterocycles. The van der Waals surface area contributed by atoms with Crippen molar-refractivity contribution in [2.75, 3.05) is 19.6 Å². The first-order valence-corrected chi connectivity index (χ1v) is 6.66. The number of hydrogen-bond donors (Lipinski definition) is 1. The number of nitrogens with two attached hydrogens (primary N) is 1. The highest BCUT2D eigenvalue weighted by Gasteiger charge is 2.30. The molecular weight excluding hydrogens is 196 g/mol. The van der Waals surface area contributed by atoms with E-state index in [0.717, 1.165) is 13.1 Å². The van der Waals surface area contributed by atoms with Crippen molar-refractivity contribution in [3.8, 4) is 0 Å². The van der Waals surface area contributed by atoms with Crippen LogP contribution in [0.5, 0.6) is 0 Å².